The first-order valence-corrected chi connectivity index (χ1v) is 11.2. The van der Waals surface area contributed by atoms with Crippen LogP contribution in [0.5, 0.6) is 0 Å². The van der Waals surface area contributed by atoms with Gasteiger partial charge < -0.3 is 20.1 Å². The zero-order chi connectivity index (χ0) is 26.9. The molecule has 2 N–H and O–H groups in total. The molecule has 190 valence electrons. The molecule has 3 rings (SSSR count). The lowest BCUT2D eigenvalue weighted by atomic mass is 10.1. The Labute approximate surface area is 211 Å². The first-order valence-electron chi connectivity index (χ1n) is 11.2. The zero-order valence-corrected chi connectivity index (χ0v) is 20.0. The molecule has 3 aromatic carbocycles. The van der Waals surface area contributed by atoms with Crippen molar-refractivity contribution >= 4 is 40.8 Å². The van der Waals surface area contributed by atoms with Crippen LogP contribution in [0.1, 0.15) is 55.3 Å². The minimum Gasteiger partial charge on any atom is -0.462 e. The van der Waals surface area contributed by atoms with Crippen LogP contribution in [0.2, 0.25) is 0 Å². The number of amides is 2. The van der Waals surface area contributed by atoms with Crippen molar-refractivity contribution in [1.29, 1.82) is 0 Å². The van der Waals surface area contributed by atoms with Crippen molar-refractivity contribution in [2.24, 2.45) is 0 Å². The molecule has 0 aromatic heterocycles. The van der Waals surface area contributed by atoms with E-state index < -0.39 is 34.4 Å². The lowest BCUT2D eigenvalue weighted by molar-refractivity contribution is -0.384. The highest BCUT2D eigenvalue weighted by Crippen LogP contribution is 2.21. The molecule has 0 fully saturated rings. The number of hydrogen-bond acceptors (Lipinski definition) is 8. The molecule has 0 atom stereocenters. The van der Waals surface area contributed by atoms with E-state index in [2.05, 4.69) is 10.6 Å². The Kier molecular flexibility index (Phi) is 8.66. The fourth-order valence-electron chi connectivity index (χ4n) is 3.19. The van der Waals surface area contributed by atoms with E-state index in [1.54, 1.807) is 13.8 Å². The zero-order valence-electron chi connectivity index (χ0n) is 20.0. The average Bonchev–Trinajstić information content (AvgIpc) is 2.89. The predicted molar refractivity (Wildman–Crippen MR) is 134 cm³/mol. The van der Waals surface area contributed by atoms with Crippen LogP contribution >= 0.6 is 0 Å². The molecular formula is C26H23N3O8. The second-order valence-corrected chi connectivity index (χ2v) is 7.53. The smallest absolute Gasteiger partial charge is 0.338 e. The molecule has 11 heteroatoms. The van der Waals surface area contributed by atoms with Crippen molar-refractivity contribution in [3.63, 3.8) is 0 Å². The second-order valence-electron chi connectivity index (χ2n) is 7.53. The summed E-state index contributed by atoms with van der Waals surface area (Å²) in [6.45, 7) is 3.81. The number of nitrogens with zero attached hydrogens (tertiary/aromatic N) is 1. The third-order valence-corrected chi connectivity index (χ3v) is 4.96. The van der Waals surface area contributed by atoms with E-state index in [-0.39, 0.29) is 24.3 Å². The van der Waals surface area contributed by atoms with Gasteiger partial charge in [-0.3, -0.25) is 19.7 Å². The maximum atomic E-state index is 12.8. The molecule has 0 aliphatic heterocycles. The summed E-state index contributed by atoms with van der Waals surface area (Å²) in [5.41, 5.74) is 0.564. The quantitative estimate of drug-likeness (QED) is 0.246. The fourth-order valence-corrected chi connectivity index (χ4v) is 3.19. The SMILES string of the molecule is CCOC(=O)c1ccc(NC(=O)c2cc(C(=O)Nc3ccc(C(=O)OCC)cc3)cc([N+](=O)[O-])c2)cc1. The van der Waals surface area contributed by atoms with Crippen LogP contribution in [0, 0.1) is 10.1 Å². The van der Waals surface area contributed by atoms with Gasteiger partial charge in [-0.2, -0.15) is 0 Å². The maximum absolute atomic E-state index is 12.8. The topological polar surface area (TPSA) is 154 Å². The van der Waals surface area contributed by atoms with Crippen molar-refractivity contribution in [3.05, 3.63) is 99.1 Å². The number of esters is 2. The van der Waals surface area contributed by atoms with E-state index in [1.807, 2.05) is 0 Å². The number of nitro groups is 1. The van der Waals surface area contributed by atoms with E-state index in [9.17, 15) is 29.3 Å². The number of carbonyl (C=O) groups is 4. The molecule has 0 bridgehead atoms. The summed E-state index contributed by atoms with van der Waals surface area (Å²) in [4.78, 5) is 59.9. The molecule has 0 spiro atoms. The number of nitro benzene ring substituents is 1. The van der Waals surface area contributed by atoms with Gasteiger partial charge in [0.25, 0.3) is 17.5 Å². The van der Waals surface area contributed by atoms with Crippen molar-refractivity contribution in [2.45, 2.75) is 13.8 Å². The van der Waals surface area contributed by atoms with E-state index in [0.29, 0.717) is 22.5 Å². The number of hydrogen-bond donors (Lipinski definition) is 2. The van der Waals surface area contributed by atoms with Gasteiger partial charge in [-0.25, -0.2) is 9.59 Å². The Balaban J connectivity index is 1.78. The van der Waals surface area contributed by atoms with Crippen LogP contribution in [-0.4, -0.2) is 41.9 Å². The summed E-state index contributed by atoms with van der Waals surface area (Å²) >= 11 is 0. The highest BCUT2D eigenvalue weighted by molar-refractivity contribution is 6.09. The van der Waals surface area contributed by atoms with Gasteiger partial charge in [-0.1, -0.05) is 0 Å². The summed E-state index contributed by atoms with van der Waals surface area (Å²) in [7, 11) is 0. The molecule has 0 aliphatic rings. The maximum Gasteiger partial charge on any atom is 0.338 e. The van der Waals surface area contributed by atoms with Gasteiger partial charge in [0.15, 0.2) is 0 Å². The van der Waals surface area contributed by atoms with Crippen LogP contribution in [0.4, 0.5) is 17.1 Å². The Hall–Kier alpha value is -5.06. The van der Waals surface area contributed by atoms with Gasteiger partial charge in [-0.05, 0) is 68.4 Å². The number of nitrogens with one attached hydrogen (secondary N) is 2. The molecular weight excluding hydrogens is 482 g/mol. The van der Waals surface area contributed by atoms with Gasteiger partial charge in [0.1, 0.15) is 0 Å². The molecule has 0 heterocycles. The standard InChI is InChI=1S/C26H23N3O8/c1-3-36-25(32)16-5-9-20(10-6-16)27-23(30)18-13-19(15-22(14-18)29(34)35)24(31)28-21-11-7-17(8-12-21)26(33)37-4-2/h5-15H,3-4H2,1-2H3,(H,27,30)(H,28,31). The van der Waals surface area contributed by atoms with Crippen LogP contribution in [-0.2, 0) is 9.47 Å². The summed E-state index contributed by atoms with van der Waals surface area (Å²) < 4.78 is 9.82. The monoisotopic (exact) mass is 505 g/mol. The number of carbonyl (C=O) groups excluding carboxylic acids is 4. The minimum atomic E-state index is -0.712. The molecule has 0 saturated carbocycles. The van der Waals surface area contributed by atoms with E-state index >= 15 is 0 Å². The Morgan fingerprint density at radius 2 is 1.05 bits per heavy atom. The summed E-state index contributed by atoms with van der Waals surface area (Å²) in [5, 5.41) is 16.6. The highest BCUT2D eigenvalue weighted by atomic mass is 16.6. The van der Waals surface area contributed by atoms with Gasteiger partial charge >= 0.3 is 11.9 Å². The Bertz CT molecular complexity index is 1240. The number of ether oxygens (including phenoxy) is 2. The lowest BCUT2D eigenvalue weighted by Crippen LogP contribution is -2.16. The predicted octanol–water partition coefficient (Wildman–Crippen LogP) is 4.45. The van der Waals surface area contributed by atoms with Crippen LogP contribution in [0.15, 0.2) is 66.7 Å². The lowest BCUT2D eigenvalue weighted by Gasteiger charge is -2.09. The van der Waals surface area contributed by atoms with Crippen molar-refractivity contribution in [3.8, 4) is 0 Å². The molecule has 0 aliphatic carbocycles. The normalized spacial score (nSPS) is 10.2. The number of non-ortho nitro benzene ring substituents is 1. The Morgan fingerprint density at radius 3 is 1.38 bits per heavy atom. The fraction of sp³-hybridized carbons (Fsp3) is 0.154. The average molecular weight is 505 g/mol. The van der Waals surface area contributed by atoms with E-state index in [0.717, 1.165) is 12.1 Å². The molecule has 0 unspecified atom stereocenters. The van der Waals surface area contributed by atoms with Crippen LogP contribution in [0.3, 0.4) is 0 Å². The summed E-state index contributed by atoms with van der Waals surface area (Å²) in [6, 6.07) is 15.1. The van der Waals surface area contributed by atoms with Crippen molar-refractivity contribution in [2.75, 3.05) is 23.8 Å². The van der Waals surface area contributed by atoms with Gasteiger partial charge in [-0.15, -0.1) is 0 Å². The summed E-state index contributed by atoms with van der Waals surface area (Å²) in [5.74, 6) is -2.41. The molecule has 11 nitrogen and oxygen atoms in total. The second kappa shape index (κ2) is 12.1. The van der Waals surface area contributed by atoms with Crippen molar-refractivity contribution < 1.29 is 33.6 Å². The van der Waals surface area contributed by atoms with Crippen LogP contribution < -0.4 is 10.6 Å². The number of benzene rings is 3. The van der Waals surface area contributed by atoms with Gasteiger partial charge in [0.05, 0.1) is 29.3 Å². The molecule has 2 amide bonds. The highest BCUT2D eigenvalue weighted by Gasteiger charge is 2.19. The minimum absolute atomic E-state index is 0.119. The third-order valence-electron chi connectivity index (χ3n) is 4.96. The van der Waals surface area contributed by atoms with Crippen molar-refractivity contribution in [1.82, 2.24) is 0 Å². The first kappa shape index (κ1) is 26.5. The number of rotatable bonds is 9. The van der Waals surface area contributed by atoms with Gasteiger partial charge in [0.2, 0.25) is 0 Å². The molecule has 0 radical (unpaired) electrons. The van der Waals surface area contributed by atoms with Gasteiger partial charge in [0, 0.05) is 34.6 Å². The Morgan fingerprint density at radius 1 is 0.676 bits per heavy atom. The first-order chi connectivity index (χ1) is 17.7. The third kappa shape index (κ3) is 6.98. The number of anilines is 2. The molecule has 0 saturated heterocycles. The largest absolute Gasteiger partial charge is 0.462 e. The van der Waals surface area contributed by atoms with Crippen LogP contribution in [0.25, 0.3) is 0 Å². The molecule has 37 heavy (non-hydrogen) atoms. The molecule has 3 aromatic rings. The summed E-state index contributed by atoms with van der Waals surface area (Å²) in [6.07, 6.45) is 0. The van der Waals surface area contributed by atoms with E-state index in [4.69, 9.17) is 9.47 Å². The van der Waals surface area contributed by atoms with E-state index in [1.165, 1.54) is 54.6 Å².